The average molecular weight is 524 g/mol. The molecule has 0 radical (unpaired) electrons. The third-order valence-electron chi connectivity index (χ3n) is 9.11. The molecule has 3 aromatic rings. The molecular formula is C31H37N7O. The summed E-state index contributed by atoms with van der Waals surface area (Å²) < 4.78 is 0. The smallest absolute Gasteiger partial charge is 0.227 e. The van der Waals surface area contributed by atoms with Crippen LogP contribution in [0.25, 0.3) is 0 Å². The highest BCUT2D eigenvalue weighted by atomic mass is 16.1. The number of H-pyrrole nitrogens is 1. The Bertz CT molecular complexity index is 1360. The number of hydrogen-bond donors (Lipinski definition) is 2. The quantitative estimate of drug-likeness (QED) is 0.362. The van der Waals surface area contributed by atoms with E-state index >= 15 is 0 Å². The lowest BCUT2D eigenvalue weighted by Crippen LogP contribution is -2.36. The van der Waals surface area contributed by atoms with Gasteiger partial charge in [-0.05, 0) is 92.5 Å². The number of Topliss-reactive ketones (excluding diaryl/α,β-unsaturated/α-hetero) is 1. The van der Waals surface area contributed by atoms with Crippen molar-refractivity contribution in [2.24, 2.45) is 11.8 Å². The maximum atomic E-state index is 12.9. The normalized spacial score (nSPS) is 22.5. The number of aromatic amines is 1. The second-order valence-electron chi connectivity index (χ2n) is 11.8. The van der Waals surface area contributed by atoms with Crippen LogP contribution in [-0.4, -0.2) is 39.0 Å². The molecule has 1 aromatic carbocycles. The SMILES string of the molecule is CN(c1nccc(Nc2cc(C3CCC3)[nH]n2)n1)C1CCC(CC(=O)CC2Cc3ccc(C#N)cc3C2)CC1. The molecule has 6 rings (SSSR count). The number of carbonyl (C=O) groups excluding carboxylic acids is 1. The lowest BCUT2D eigenvalue weighted by Gasteiger charge is -2.34. The van der Waals surface area contributed by atoms with E-state index in [-0.39, 0.29) is 0 Å². The minimum absolute atomic E-state index is 0.376. The van der Waals surface area contributed by atoms with Crippen molar-refractivity contribution in [2.45, 2.75) is 82.6 Å². The molecule has 3 aliphatic carbocycles. The highest BCUT2D eigenvalue weighted by Crippen LogP contribution is 2.36. The van der Waals surface area contributed by atoms with Crippen LogP contribution in [0.2, 0.25) is 0 Å². The van der Waals surface area contributed by atoms with Crippen molar-refractivity contribution < 1.29 is 4.79 Å². The molecule has 8 heteroatoms. The highest BCUT2D eigenvalue weighted by molar-refractivity contribution is 5.79. The van der Waals surface area contributed by atoms with Gasteiger partial charge in [0.05, 0.1) is 11.6 Å². The fourth-order valence-electron chi connectivity index (χ4n) is 6.60. The van der Waals surface area contributed by atoms with Crippen LogP contribution >= 0.6 is 0 Å². The second-order valence-corrected chi connectivity index (χ2v) is 11.8. The Morgan fingerprint density at radius 3 is 2.59 bits per heavy atom. The molecule has 8 nitrogen and oxygen atoms in total. The predicted molar refractivity (Wildman–Crippen MR) is 151 cm³/mol. The zero-order valence-electron chi connectivity index (χ0n) is 22.7. The van der Waals surface area contributed by atoms with Crippen LogP contribution in [0.4, 0.5) is 17.6 Å². The number of benzene rings is 1. The first-order valence-electron chi connectivity index (χ1n) is 14.5. The van der Waals surface area contributed by atoms with Crippen molar-refractivity contribution in [1.82, 2.24) is 20.2 Å². The minimum Gasteiger partial charge on any atom is -0.341 e. The van der Waals surface area contributed by atoms with Gasteiger partial charge in [0.15, 0.2) is 5.82 Å². The van der Waals surface area contributed by atoms with Crippen LogP contribution in [0.15, 0.2) is 36.5 Å². The van der Waals surface area contributed by atoms with Gasteiger partial charge in [-0.3, -0.25) is 9.89 Å². The summed E-state index contributed by atoms with van der Waals surface area (Å²) in [5, 5.41) is 20.0. The molecule has 202 valence electrons. The van der Waals surface area contributed by atoms with E-state index in [1.54, 1.807) is 6.20 Å². The third-order valence-corrected chi connectivity index (χ3v) is 9.11. The molecule has 1 unspecified atom stereocenters. The number of aromatic nitrogens is 4. The minimum atomic E-state index is 0.376. The van der Waals surface area contributed by atoms with E-state index in [4.69, 9.17) is 10.2 Å². The van der Waals surface area contributed by atoms with E-state index in [0.717, 1.165) is 56.1 Å². The van der Waals surface area contributed by atoms with E-state index in [9.17, 15) is 4.79 Å². The number of anilines is 3. The summed E-state index contributed by atoms with van der Waals surface area (Å²) in [4.78, 5) is 24.4. The topological polar surface area (TPSA) is 111 Å². The Morgan fingerprint density at radius 2 is 1.82 bits per heavy atom. The summed E-state index contributed by atoms with van der Waals surface area (Å²) in [6, 6.07) is 12.5. The highest BCUT2D eigenvalue weighted by Gasteiger charge is 2.29. The van der Waals surface area contributed by atoms with Crippen LogP contribution in [0.3, 0.4) is 0 Å². The average Bonchev–Trinajstić information content (AvgIpc) is 3.53. The molecule has 0 aliphatic heterocycles. The molecule has 2 fully saturated rings. The molecule has 2 N–H and O–H groups in total. The summed E-state index contributed by atoms with van der Waals surface area (Å²) in [6.45, 7) is 0. The largest absolute Gasteiger partial charge is 0.341 e. The summed E-state index contributed by atoms with van der Waals surface area (Å²) >= 11 is 0. The van der Waals surface area contributed by atoms with E-state index in [0.29, 0.717) is 48.0 Å². The Morgan fingerprint density at radius 1 is 1.03 bits per heavy atom. The fraction of sp³-hybridized carbons (Fsp3) is 0.516. The van der Waals surface area contributed by atoms with Gasteiger partial charge >= 0.3 is 0 Å². The number of nitrogens with zero attached hydrogens (tertiary/aromatic N) is 5. The lowest BCUT2D eigenvalue weighted by molar-refractivity contribution is -0.121. The van der Waals surface area contributed by atoms with Crippen molar-refractivity contribution >= 4 is 23.4 Å². The van der Waals surface area contributed by atoms with Crippen LogP contribution in [0, 0.1) is 23.2 Å². The van der Waals surface area contributed by atoms with Crippen LogP contribution in [0.1, 0.15) is 86.1 Å². The van der Waals surface area contributed by atoms with E-state index in [1.165, 1.54) is 36.1 Å². The van der Waals surface area contributed by atoms with Crippen molar-refractivity contribution in [1.29, 1.82) is 5.26 Å². The molecule has 0 bridgehead atoms. The van der Waals surface area contributed by atoms with Gasteiger partial charge in [0.25, 0.3) is 0 Å². The molecule has 2 heterocycles. The summed E-state index contributed by atoms with van der Waals surface area (Å²) in [7, 11) is 2.08. The molecule has 0 amide bonds. The molecular weight excluding hydrogens is 486 g/mol. The lowest BCUT2D eigenvalue weighted by atomic mass is 9.81. The molecule has 2 saturated carbocycles. The Labute approximate surface area is 230 Å². The first kappa shape index (κ1) is 25.5. The van der Waals surface area contributed by atoms with Gasteiger partial charge in [-0.25, -0.2) is 4.98 Å². The maximum Gasteiger partial charge on any atom is 0.227 e. The van der Waals surface area contributed by atoms with Crippen molar-refractivity contribution in [3.8, 4) is 6.07 Å². The van der Waals surface area contributed by atoms with Crippen molar-refractivity contribution in [2.75, 3.05) is 17.3 Å². The van der Waals surface area contributed by atoms with Gasteiger partial charge in [0, 0.05) is 49.8 Å². The molecule has 39 heavy (non-hydrogen) atoms. The molecule has 0 spiro atoms. The van der Waals surface area contributed by atoms with Gasteiger partial charge in [-0.1, -0.05) is 12.5 Å². The maximum absolute atomic E-state index is 12.9. The third kappa shape index (κ3) is 5.83. The van der Waals surface area contributed by atoms with Crippen LogP contribution < -0.4 is 10.2 Å². The van der Waals surface area contributed by atoms with E-state index in [1.807, 2.05) is 18.2 Å². The summed E-state index contributed by atoms with van der Waals surface area (Å²) in [6.07, 6.45) is 13.0. The Kier molecular flexibility index (Phi) is 7.32. The number of fused-ring (bicyclic) bond motifs is 1. The van der Waals surface area contributed by atoms with Gasteiger partial charge in [0.1, 0.15) is 11.6 Å². The predicted octanol–water partition coefficient (Wildman–Crippen LogP) is 5.84. The zero-order valence-corrected chi connectivity index (χ0v) is 22.7. The summed E-state index contributed by atoms with van der Waals surface area (Å²) in [5.74, 6) is 4.12. The van der Waals surface area contributed by atoms with Crippen LogP contribution in [0.5, 0.6) is 0 Å². The molecule has 2 aromatic heterocycles. The number of nitrogens with one attached hydrogen (secondary N) is 2. The molecule has 0 saturated heterocycles. The Hall–Kier alpha value is -3.73. The Balaban J connectivity index is 0.968. The zero-order chi connectivity index (χ0) is 26.8. The first-order chi connectivity index (χ1) is 19.0. The number of rotatable bonds is 9. The van der Waals surface area contributed by atoms with Crippen molar-refractivity contribution in [3.05, 3.63) is 58.9 Å². The van der Waals surface area contributed by atoms with Gasteiger partial charge in [-0.15, -0.1) is 0 Å². The van der Waals surface area contributed by atoms with E-state index in [2.05, 4.69) is 50.6 Å². The van der Waals surface area contributed by atoms with Crippen molar-refractivity contribution in [3.63, 3.8) is 0 Å². The monoisotopic (exact) mass is 523 g/mol. The number of carbonyl (C=O) groups is 1. The molecule has 3 aliphatic rings. The number of hydrogen-bond acceptors (Lipinski definition) is 7. The van der Waals surface area contributed by atoms with Crippen LogP contribution in [-0.2, 0) is 17.6 Å². The molecule has 1 atom stereocenters. The van der Waals surface area contributed by atoms with Gasteiger partial charge in [0.2, 0.25) is 5.95 Å². The first-order valence-corrected chi connectivity index (χ1v) is 14.5. The van der Waals surface area contributed by atoms with Gasteiger partial charge < -0.3 is 10.2 Å². The standard InChI is InChI=1S/C31H37N7O/c1-38(31-33-12-11-29(35-31)34-30-18-28(36-37-30)23-3-2-4-23)26-9-6-20(7-10-26)16-27(39)17-22-14-24-8-5-21(19-32)13-25(24)15-22/h5,8,11-13,18,20,22-23,26H,2-4,6-7,9-10,14-17H2,1H3,(H2,33,34,35,36,37). The number of ketones is 1. The number of nitriles is 1. The fourth-order valence-corrected chi connectivity index (χ4v) is 6.60. The van der Waals surface area contributed by atoms with Gasteiger partial charge in [-0.2, -0.15) is 15.3 Å². The summed E-state index contributed by atoms with van der Waals surface area (Å²) in [5.41, 5.74) is 4.47. The van der Waals surface area contributed by atoms with E-state index < -0.39 is 0 Å². The second kappa shape index (κ2) is 11.2.